The maximum atomic E-state index is 6.69. The van der Waals surface area contributed by atoms with E-state index in [1.807, 2.05) is 0 Å². The third-order valence-electron chi connectivity index (χ3n) is 17.2. The summed E-state index contributed by atoms with van der Waals surface area (Å²) >= 11 is 0. The summed E-state index contributed by atoms with van der Waals surface area (Å²) in [5, 5.41) is 8.71. The number of benzene rings is 7. The van der Waals surface area contributed by atoms with Crippen LogP contribution in [-0.2, 0) is 32.5 Å². The molecule has 0 fully saturated rings. The van der Waals surface area contributed by atoms with E-state index in [0.29, 0.717) is 0 Å². The van der Waals surface area contributed by atoms with Crippen LogP contribution in [-0.4, -0.2) is 0 Å². The predicted molar refractivity (Wildman–Crippen MR) is 287 cm³/mol. The number of anilines is 5. The SMILES string of the molecule is CC1(C)CCC(C)(C)c2cc(Nc3ccc4oc5ccccc5c4c3-c3cc(N(c4ccc5c(c4)C(C)(C)CCC5(C)C)c4ccc5c(c4)C(C)(C)CCC5(C)C)c4ccccc4c3)ccc21. The maximum Gasteiger partial charge on any atom is 0.136 e. The Balaban J connectivity index is 1.18. The Morgan fingerprint density at radius 3 is 1.46 bits per heavy atom. The van der Waals surface area contributed by atoms with Gasteiger partial charge < -0.3 is 14.6 Å². The third-order valence-corrected chi connectivity index (χ3v) is 17.2. The molecular weight excluding hydrogens is 813 g/mol. The second-order valence-electron chi connectivity index (χ2n) is 24.7. The van der Waals surface area contributed by atoms with Crippen LogP contribution in [0.5, 0.6) is 0 Å². The fraction of sp³-hybridized carbons (Fsp3) is 0.375. The average Bonchev–Trinajstić information content (AvgIpc) is 3.67. The molecule has 67 heavy (non-hydrogen) atoms. The molecule has 342 valence electrons. The number of hydrogen-bond acceptors (Lipinski definition) is 3. The van der Waals surface area contributed by atoms with E-state index in [4.69, 9.17) is 4.42 Å². The van der Waals surface area contributed by atoms with Gasteiger partial charge in [-0.05, 0) is 182 Å². The molecule has 0 saturated carbocycles. The first-order valence-corrected chi connectivity index (χ1v) is 25.1. The van der Waals surface area contributed by atoms with Crippen molar-refractivity contribution in [1.82, 2.24) is 0 Å². The van der Waals surface area contributed by atoms with Gasteiger partial charge in [-0.1, -0.05) is 144 Å². The minimum atomic E-state index is 0.0541. The molecule has 7 aromatic carbocycles. The molecule has 0 aliphatic heterocycles. The Morgan fingerprint density at radius 2 is 0.896 bits per heavy atom. The highest BCUT2D eigenvalue weighted by atomic mass is 16.3. The second kappa shape index (κ2) is 14.8. The van der Waals surface area contributed by atoms with Gasteiger partial charge in [0.25, 0.3) is 0 Å². The normalized spacial score (nSPS) is 19.4. The lowest BCUT2D eigenvalue weighted by Gasteiger charge is -2.43. The molecule has 11 rings (SSSR count). The largest absolute Gasteiger partial charge is 0.456 e. The molecule has 3 aliphatic rings. The van der Waals surface area contributed by atoms with Gasteiger partial charge in [0.2, 0.25) is 0 Å². The smallest absolute Gasteiger partial charge is 0.136 e. The highest BCUT2D eigenvalue weighted by Gasteiger charge is 2.40. The van der Waals surface area contributed by atoms with E-state index >= 15 is 0 Å². The highest BCUT2D eigenvalue weighted by molar-refractivity contribution is 6.17. The van der Waals surface area contributed by atoms with Crippen molar-refractivity contribution in [3.63, 3.8) is 0 Å². The standard InChI is InChI=1S/C64H70N2O/c1-59(2)29-32-62(7,8)50-37-42(21-24-47(50)59)65-53-27-28-56-58(46-19-15-16-20-55(46)67-56)57(53)41-35-40-17-13-14-18-45(40)54(36-41)66(43-22-25-48-51(38-43)63(9,10)33-30-60(48,3)4)44-23-26-49-52(39-44)64(11,12)34-31-61(49,5)6/h13-28,35-39,65H,29-34H2,1-12H3. The van der Waals surface area contributed by atoms with Crippen LogP contribution in [0.3, 0.4) is 0 Å². The van der Waals surface area contributed by atoms with Crippen molar-refractivity contribution < 1.29 is 4.42 Å². The van der Waals surface area contributed by atoms with Gasteiger partial charge in [0.05, 0.1) is 5.69 Å². The van der Waals surface area contributed by atoms with Crippen molar-refractivity contribution in [3.8, 4) is 11.1 Å². The molecule has 3 aliphatic carbocycles. The summed E-state index contributed by atoms with van der Waals surface area (Å²) in [4.78, 5) is 2.59. The van der Waals surface area contributed by atoms with Crippen LogP contribution in [0.15, 0.2) is 132 Å². The molecule has 1 aromatic heterocycles. The van der Waals surface area contributed by atoms with E-state index in [0.717, 1.165) is 57.3 Å². The van der Waals surface area contributed by atoms with E-state index in [-0.39, 0.29) is 32.5 Å². The molecule has 0 bridgehead atoms. The molecule has 0 saturated heterocycles. The Morgan fingerprint density at radius 1 is 0.418 bits per heavy atom. The number of furan rings is 1. The summed E-state index contributed by atoms with van der Waals surface area (Å²) in [6, 6.07) is 48.8. The van der Waals surface area contributed by atoms with Crippen LogP contribution >= 0.6 is 0 Å². The first-order valence-electron chi connectivity index (χ1n) is 25.1. The molecule has 0 atom stereocenters. The predicted octanol–water partition coefficient (Wildman–Crippen LogP) is 18.7. The molecule has 0 spiro atoms. The lowest BCUT2D eigenvalue weighted by molar-refractivity contribution is 0.332. The summed E-state index contributed by atoms with van der Waals surface area (Å²) in [7, 11) is 0. The van der Waals surface area contributed by atoms with Crippen molar-refractivity contribution in [2.24, 2.45) is 0 Å². The zero-order chi connectivity index (χ0) is 47.1. The zero-order valence-electron chi connectivity index (χ0n) is 42.2. The van der Waals surface area contributed by atoms with Crippen molar-refractivity contribution in [2.75, 3.05) is 10.2 Å². The molecule has 0 radical (unpaired) electrons. The monoisotopic (exact) mass is 883 g/mol. The quantitative estimate of drug-likeness (QED) is 0.180. The molecule has 3 heteroatoms. The fourth-order valence-electron chi connectivity index (χ4n) is 12.5. The second-order valence-corrected chi connectivity index (χ2v) is 24.7. The van der Waals surface area contributed by atoms with Gasteiger partial charge in [-0.2, -0.15) is 0 Å². The Kier molecular flexibility index (Phi) is 9.70. The van der Waals surface area contributed by atoms with E-state index in [1.54, 1.807) is 0 Å². The average molecular weight is 883 g/mol. The van der Waals surface area contributed by atoms with Crippen LogP contribution in [0.25, 0.3) is 43.8 Å². The van der Waals surface area contributed by atoms with E-state index in [9.17, 15) is 0 Å². The Bertz CT molecular complexity index is 3220. The molecule has 1 heterocycles. The van der Waals surface area contributed by atoms with Crippen LogP contribution in [0, 0.1) is 0 Å². The third kappa shape index (κ3) is 7.12. The number of nitrogens with zero attached hydrogens (tertiary/aromatic N) is 1. The molecule has 3 nitrogen and oxygen atoms in total. The van der Waals surface area contributed by atoms with Gasteiger partial charge in [-0.15, -0.1) is 0 Å². The number of fused-ring (bicyclic) bond motifs is 7. The lowest BCUT2D eigenvalue weighted by Crippen LogP contribution is -2.34. The first kappa shape index (κ1) is 43.8. The van der Waals surface area contributed by atoms with Crippen LogP contribution < -0.4 is 10.2 Å². The fourth-order valence-corrected chi connectivity index (χ4v) is 12.5. The van der Waals surface area contributed by atoms with Crippen LogP contribution in [0.1, 0.15) is 155 Å². The van der Waals surface area contributed by atoms with Crippen molar-refractivity contribution in [2.45, 2.75) is 154 Å². The van der Waals surface area contributed by atoms with Gasteiger partial charge in [0.15, 0.2) is 0 Å². The van der Waals surface area contributed by atoms with Crippen LogP contribution in [0.4, 0.5) is 28.4 Å². The number of rotatable bonds is 6. The van der Waals surface area contributed by atoms with Gasteiger partial charge in [-0.25, -0.2) is 0 Å². The highest BCUT2D eigenvalue weighted by Crippen LogP contribution is 2.53. The maximum absolute atomic E-state index is 6.69. The summed E-state index contributed by atoms with van der Waals surface area (Å²) in [6.45, 7) is 29.2. The Hall–Kier alpha value is -5.80. The molecule has 1 N–H and O–H groups in total. The number of hydrogen-bond donors (Lipinski definition) is 1. The van der Waals surface area contributed by atoms with Crippen LogP contribution in [0.2, 0.25) is 0 Å². The van der Waals surface area contributed by atoms with Crippen molar-refractivity contribution in [3.05, 3.63) is 161 Å². The molecule has 0 amide bonds. The van der Waals surface area contributed by atoms with E-state index < -0.39 is 0 Å². The van der Waals surface area contributed by atoms with Crippen molar-refractivity contribution in [1.29, 1.82) is 0 Å². The zero-order valence-corrected chi connectivity index (χ0v) is 42.2. The summed E-state index contributed by atoms with van der Waals surface area (Å²) in [5.41, 5.74) is 19.2. The molecule has 8 aromatic rings. The first-order chi connectivity index (χ1) is 31.6. The molecular formula is C64H70N2O. The minimum Gasteiger partial charge on any atom is -0.456 e. The van der Waals surface area contributed by atoms with Gasteiger partial charge >= 0.3 is 0 Å². The summed E-state index contributed by atoms with van der Waals surface area (Å²) in [5.74, 6) is 0. The van der Waals surface area contributed by atoms with Gasteiger partial charge in [-0.3, -0.25) is 0 Å². The number of para-hydroxylation sites is 1. The van der Waals surface area contributed by atoms with E-state index in [1.165, 1.54) is 86.9 Å². The lowest BCUT2D eigenvalue weighted by atomic mass is 9.63. The minimum absolute atomic E-state index is 0.0541. The van der Waals surface area contributed by atoms with Gasteiger partial charge in [0.1, 0.15) is 11.2 Å². The Labute approximate surface area is 400 Å². The van der Waals surface area contributed by atoms with Crippen molar-refractivity contribution >= 4 is 61.1 Å². The van der Waals surface area contributed by atoms with E-state index in [2.05, 4.69) is 221 Å². The topological polar surface area (TPSA) is 28.4 Å². The number of nitrogens with one attached hydrogen (secondary N) is 1. The van der Waals surface area contributed by atoms with Gasteiger partial charge in [0, 0.05) is 44.5 Å². The summed E-state index contributed by atoms with van der Waals surface area (Å²) < 4.78 is 6.69. The summed E-state index contributed by atoms with van der Waals surface area (Å²) in [6.07, 6.45) is 7.06. The molecule has 0 unspecified atom stereocenters.